The smallest absolute Gasteiger partial charge is 0.280 e. The molecule has 0 saturated heterocycles. The molecule has 0 fully saturated rings. The van der Waals surface area contributed by atoms with Gasteiger partial charge in [-0.2, -0.15) is 0 Å². The number of ether oxygens (including phenoxy) is 1. The molecule has 1 N–H and O–H groups in total. The second-order valence-corrected chi connectivity index (χ2v) is 7.91. The fourth-order valence-electron chi connectivity index (χ4n) is 3.26. The summed E-state index contributed by atoms with van der Waals surface area (Å²) in [6.07, 6.45) is 1.59. The van der Waals surface area contributed by atoms with Crippen LogP contribution < -0.4 is 10.3 Å². The first kappa shape index (κ1) is 19.1. The van der Waals surface area contributed by atoms with Crippen LogP contribution in [0.3, 0.4) is 0 Å². The van der Waals surface area contributed by atoms with E-state index in [4.69, 9.17) is 4.74 Å². The molecule has 6 nitrogen and oxygen atoms in total. The monoisotopic (exact) mass is 406 g/mol. The summed E-state index contributed by atoms with van der Waals surface area (Å²) in [7, 11) is 0. The van der Waals surface area contributed by atoms with Gasteiger partial charge in [0, 0.05) is 11.9 Å². The van der Waals surface area contributed by atoms with Crippen LogP contribution in [0.4, 0.5) is 5.13 Å². The van der Waals surface area contributed by atoms with Gasteiger partial charge in [0.15, 0.2) is 0 Å². The van der Waals surface area contributed by atoms with Crippen LogP contribution in [-0.2, 0) is 0 Å². The molecule has 0 aliphatic rings. The number of aryl methyl sites for hydroxylation is 3. The predicted molar refractivity (Wildman–Crippen MR) is 119 cm³/mol. The van der Waals surface area contributed by atoms with E-state index in [0.717, 1.165) is 38.5 Å². The van der Waals surface area contributed by atoms with Gasteiger partial charge in [-0.15, -0.1) is 0 Å². The Labute approximate surface area is 172 Å². The van der Waals surface area contributed by atoms with Gasteiger partial charge in [0.25, 0.3) is 5.56 Å². The van der Waals surface area contributed by atoms with Gasteiger partial charge in [0.1, 0.15) is 5.75 Å². The lowest BCUT2D eigenvalue weighted by molar-refractivity contribution is 0.341. The van der Waals surface area contributed by atoms with Crippen molar-refractivity contribution in [2.75, 3.05) is 6.61 Å². The number of thiazole rings is 1. The Hall–Kier alpha value is -3.19. The lowest BCUT2D eigenvalue weighted by atomic mass is 10.1. The fourth-order valence-corrected chi connectivity index (χ4v) is 4.10. The molecule has 0 saturated carbocycles. The molecule has 0 spiro atoms. The number of nitrogens with zero attached hydrogens (tertiary/aromatic N) is 3. The lowest BCUT2D eigenvalue weighted by Gasteiger charge is -2.06. The molecule has 0 aliphatic carbocycles. The van der Waals surface area contributed by atoms with Crippen molar-refractivity contribution in [2.24, 2.45) is 4.99 Å². The summed E-state index contributed by atoms with van der Waals surface area (Å²) >= 11 is 1.47. The number of aromatic amines is 1. The number of H-pyrrole nitrogens is 1. The Bertz CT molecular complexity index is 1280. The minimum atomic E-state index is -0.127. The zero-order valence-corrected chi connectivity index (χ0v) is 17.6. The first-order valence-electron chi connectivity index (χ1n) is 9.43. The highest BCUT2D eigenvalue weighted by molar-refractivity contribution is 7.22. The molecule has 7 heteroatoms. The van der Waals surface area contributed by atoms with Gasteiger partial charge < -0.3 is 4.74 Å². The highest BCUT2D eigenvalue weighted by atomic mass is 32.1. The maximum Gasteiger partial charge on any atom is 0.280 e. The van der Waals surface area contributed by atoms with E-state index in [-0.39, 0.29) is 5.56 Å². The fraction of sp³-hybridized carbons (Fsp3) is 0.227. The molecule has 0 bridgehead atoms. The van der Waals surface area contributed by atoms with E-state index >= 15 is 0 Å². The van der Waals surface area contributed by atoms with Gasteiger partial charge in [-0.1, -0.05) is 29.0 Å². The molecule has 148 valence electrons. The summed E-state index contributed by atoms with van der Waals surface area (Å²) in [6.45, 7) is 8.48. The average Bonchev–Trinajstić information content (AvgIpc) is 3.20. The number of aliphatic imine (C=N–C) groups is 1. The Morgan fingerprint density at radius 3 is 2.79 bits per heavy atom. The van der Waals surface area contributed by atoms with Gasteiger partial charge in [0.05, 0.1) is 28.1 Å². The highest BCUT2D eigenvalue weighted by Gasteiger charge is 2.13. The Kier molecular flexibility index (Phi) is 5.07. The normalized spacial score (nSPS) is 11.6. The van der Waals surface area contributed by atoms with E-state index in [0.29, 0.717) is 17.3 Å². The minimum absolute atomic E-state index is 0.127. The first-order chi connectivity index (χ1) is 14.0. The molecule has 0 atom stereocenters. The zero-order valence-electron chi connectivity index (χ0n) is 16.8. The van der Waals surface area contributed by atoms with E-state index in [1.165, 1.54) is 11.3 Å². The van der Waals surface area contributed by atoms with Gasteiger partial charge in [-0.05, 0) is 57.5 Å². The zero-order chi connectivity index (χ0) is 20.5. The minimum Gasteiger partial charge on any atom is -0.494 e. The number of rotatable bonds is 5. The van der Waals surface area contributed by atoms with Crippen LogP contribution in [0.25, 0.3) is 15.9 Å². The average molecular weight is 407 g/mol. The van der Waals surface area contributed by atoms with Crippen LogP contribution >= 0.6 is 11.3 Å². The summed E-state index contributed by atoms with van der Waals surface area (Å²) < 4.78 is 8.11. The van der Waals surface area contributed by atoms with Crippen LogP contribution in [0.5, 0.6) is 5.75 Å². The Morgan fingerprint density at radius 2 is 2.03 bits per heavy atom. The van der Waals surface area contributed by atoms with E-state index in [9.17, 15) is 4.79 Å². The molecular formula is C22H22N4O2S. The number of benzene rings is 2. The molecule has 29 heavy (non-hydrogen) atoms. The first-order valence-corrected chi connectivity index (χ1v) is 10.2. The third kappa shape index (κ3) is 3.73. The van der Waals surface area contributed by atoms with Crippen LogP contribution in [0.2, 0.25) is 0 Å². The molecule has 0 aliphatic heterocycles. The van der Waals surface area contributed by atoms with Gasteiger partial charge in [0.2, 0.25) is 5.13 Å². The third-order valence-electron chi connectivity index (χ3n) is 4.67. The maximum absolute atomic E-state index is 12.9. The largest absolute Gasteiger partial charge is 0.494 e. The summed E-state index contributed by atoms with van der Waals surface area (Å²) in [6, 6.07) is 11.8. The number of aromatic nitrogens is 3. The predicted octanol–water partition coefficient (Wildman–Crippen LogP) is 4.85. The molecule has 0 unspecified atom stereocenters. The van der Waals surface area contributed by atoms with Crippen molar-refractivity contribution in [1.82, 2.24) is 14.8 Å². The van der Waals surface area contributed by atoms with Crippen LogP contribution in [0.15, 0.2) is 46.2 Å². The number of fused-ring (bicyclic) bond motifs is 1. The summed E-state index contributed by atoms with van der Waals surface area (Å²) in [5, 5.41) is 3.76. The topological polar surface area (TPSA) is 72.3 Å². The second kappa shape index (κ2) is 7.67. The van der Waals surface area contributed by atoms with Crippen molar-refractivity contribution in [1.29, 1.82) is 0 Å². The number of nitrogens with one attached hydrogen (secondary N) is 1. The maximum atomic E-state index is 12.9. The van der Waals surface area contributed by atoms with Crippen molar-refractivity contribution in [3.63, 3.8) is 0 Å². The van der Waals surface area contributed by atoms with Crippen molar-refractivity contribution in [2.45, 2.75) is 27.7 Å². The van der Waals surface area contributed by atoms with Gasteiger partial charge in [-0.3, -0.25) is 9.89 Å². The molecule has 2 aromatic heterocycles. The summed E-state index contributed by atoms with van der Waals surface area (Å²) in [5.41, 5.74) is 5.06. The van der Waals surface area contributed by atoms with E-state index < -0.39 is 0 Å². The second-order valence-electron chi connectivity index (χ2n) is 6.90. The quantitative estimate of drug-likeness (QED) is 0.482. The van der Waals surface area contributed by atoms with Crippen LogP contribution in [0, 0.1) is 20.8 Å². The van der Waals surface area contributed by atoms with E-state index in [1.54, 1.807) is 10.9 Å². The highest BCUT2D eigenvalue weighted by Crippen LogP contribution is 2.30. The van der Waals surface area contributed by atoms with E-state index in [1.807, 2.05) is 58.0 Å². The lowest BCUT2D eigenvalue weighted by Crippen LogP contribution is -2.18. The molecule has 0 radical (unpaired) electrons. The number of hydrogen-bond acceptors (Lipinski definition) is 5. The number of hydrogen-bond donors (Lipinski definition) is 1. The van der Waals surface area contributed by atoms with Crippen molar-refractivity contribution < 1.29 is 4.74 Å². The third-order valence-corrected chi connectivity index (χ3v) is 5.60. The standard InChI is InChI=1S/C22H22N4O2S/c1-5-28-16-7-8-18-20(11-16)29-22(24-18)23-12-17-15(4)25-26(21(17)27)19-9-6-13(2)10-14(19)3/h6-12,25H,5H2,1-4H3/b23-12+. The Morgan fingerprint density at radius 1 is 1.21 bits per heavy atom. The molecule has 4 aromatic rings. The molecule has 4 rings (SSSR count). The summed E-state index contributed by atoms with van der Waals surface area (Å²) in [4.78, 5) is 21.9. The molecular weight excluding hydrogens is 384 g/mol. The van der Waals surface area contributed by atoms with E-state index in [2.05, 4.69) is 21.1 Å². The van der Waals surface area contributed by atoms with Crippen molar-refractivity contribution in [3.8, 4) is 11.4 Å². The Balaban J connectivity index is 1.68. The summed E-state index contributed by atoms with van der Waals surface area (Å²) in [5.74, 6) is 0.817. The molecule has 2 heterocycles. The van der Waals surface area contributed by atoms with Gasteiger partial charge in [-0.25, -0.2) is 14.7 Å². The van der Waals surface area contributed by atoms with Crippen molar-refractivity contribution in [3.05, 3.63) is 69.1 Å². The molecule has 2 aromatic carbocycles. The van der Waals surface area contributed by atoms with Crippen molar-refractivity contribution >= 4 is 32.9 Å². The van der Waals surface area contributed by atoms with Crippen LogP contribution in [0.1, 0.15) is 29.3 Å². The molecule has 0 amide bonds. The SMILES string of the molecule is CCOc1ccc2nc(/N=C/c3c(C)[nH]n(-c4ccc(C)cc4C)c3=O)sc2c1. The van der Waals surface area contributed by atoms with Crippen LogP contribution in [-0.4, -0.2) is 27.6 Å². The van der Waals surface area contributed by atoms with Gasteiger partial charge >= 0.3 is 0 Å².